The quantitative estimate of drug-likeness (QED) is 0.0338. The van der Waals surface area contributed by atoms with Gasteiger partial charge in [0.1, 0.15) is 49.4 Å². The number of ether oxygens (including phenoxy) is 6. The number of rotatable bonds is 18. The van der Waals surface area contributed by atoms with Crippen molar-refractivity contribution >= 4 is 46.9 Å². The Morgan fingerprint density at radius 1 is 0.500 bits per heavy atom. The Kier molecular flexibility index (Phi) is 14.6. The molecule has 1 amide bonds. The van der Waals surface area contributed by atoms with E-state index in [2.05, 4.69) is 23.8 Å². The number of anilines is 2. The first-order valence-electron chi connectivity index (χ1n) is 17.1. The molecule has 4 aromatic carbocycles. The van der Waals surface area contributed by atoms with Gasteiger partial charge in [0.2, 0.25) is 0 Å². The molecular formula is C42H40N2O12. The SMILES string of the molecule is C=C(C)C(=O)OCCOC(=O)c1cc(Oc2ccc(C(=O)Nc3ccc(Oc4ccc(NC)cc4)cc3)c(C(=O)OCCOC(=O)C(=C)C)c2)ccc1C(C)=O. The van der Waals surface area contributed by atoms with Gasteiger partial charge in [-0.15, -0.1) is 0 Å². The third kappa shape index (κ3) is 11.9. The van der Waals surface area contributed by atoms with Crippen LogP contribution in [-0.2, 0) is 28.5 Å². The molecule has 0 aliphatic heterocycles. The molecule has 0 radical (unpaired) electrons. The third-order valence-electron chi connectivity index (χ3n) is 7.57. The molecule has 0 aromatic heterocycles. The zero-order valence-corrected chi connectivity index (χ0v) is 31.2. The van der Waals surface area contributed by atoms with Crippen LogP contribution < -0.4 is 20.1 Å². The molecule has 14 heteroatoms. The fourth-order valence-electron chi connectivity index (χ4n) is 4.72. The Morgan fingerprint density at radius 2 is 0.893 bits per heavy atom. The van der Waals surface area contributed by atoms with Crippen molar-refractivity contribution in [1.82, 2.24) is 0 Å². The summed E-state index contributed by atoms with van der Waals surface area (Å²) in [6.07, 6.45) is 0. The Hall–Kier alpha value is -7.22. The first-order chi connectivity index (χ1) is 26.7. The second-order valence-corrected chi connectivity index (χ2v) is 12.0. The van der Waals surface area contributed by atoms with Crippen molar-refractivity contribution in [3.8, 4) is 23.0 Å². The van der Waals surface area contributed by atoms with Crippen LogP contribution in [0.3, 0.4) is 0 Å². The van der Waals surface area contributed by atoms with E-state index in [0.717, 1.165) is 5.69 Å². The number of ketones is 1. The lowest BCUT2D eigenvalue weighted by Gasteiger charge is -2.14. The number of hydrogen-bond donors (Lipinski definition) is 2. The fraction of sp³-hybridized carbons (Fsp3) is 0.190. The molecule has 0 atom stereocenters. The first kappa shape index (κ1) is 41.5. The smallest absolute Gasteiger partial charge is 0.339 e. The van der Waals surface area contributed by atoms with Crippen LogP contribution in [0.25, 0.3) is 0 Å². The number of nitrogens with one attached hydrogen (secondary N) is 2. The van der Waals surface area contributed by atoms with Crippen molar-refractivity contribution < 1.29 is 57.2 Å². The van der Waals surface area contributed by atoms with Crippen molar-refractivity contribution in [3.05, 3.63) is 131 Å². The van der Waals surface area contributed by atoms with Crippen molar-refractivity contribution in [2.45, 2.75) is 20.8 Å². The maximum atomic E-state index is 13.5. The summed E-state index contributed by atoms with van der Waals surface area (Å²) in [5, 5.41) is 5.78. The zero-order chi connectivity index (χ0) is 40.8. The van der Waals surface area contributed by atoms with Crippen LogP contribution in [0, 0.1) is 0 Å². The van der Waals surface area contributed by atoms with Gasteiger partial charge in [-0.25, -0.2) is 19.2 Å². The molecule has 0 spiro atoms. The van der Waals surface area contributed by atoms with Crippen molar-refractivity contribution in [3.63, 3.8) is 0 Å². The van der Waals surface area contributed by atoms with Crippen LogP contribution in [0.2, 0.25) is 0 Å². The number of carbonyl (C=O) groups is 6. The van der Waals surface area contributed by atoms with Gasteiger partial charge < -0.3 is 39.1 Å². The summed E-state index contributed by atoms with van der Waals surface area (Å²) in [6, 6.07) is 22.0. The fourth-order valence-corrected chi connectivity index (χ4v) is 4.72. The minimum Gasteiger partial charge on any atom is -0.459 e. The average Bonchev–Trinajstić information content (AvgIpc) is 3.18. The topological polar surface area (TPSA) is 182 Å². The van der Waals surface area contributed by atoms with Gasteiger partial charge in [-0.2, -0.15) is 0 Å². The molecule has 4 rings (SSSR count). The molecule has 0 heterocycles. The van der Waals surface area contributed by atoms with Crippen LogP contribution in [0.5, 0.6) is 23.0 Å². The molecule has 14 nitrogen and oxygen atoms in total. The van der Waals surface area contributed by atoms with E-state index in [4.69, 9.17) is 28.4 Å². The number of benzene rings is 4. The van der Waals surface area contributed by atoms with Crippen LogP contribution in [-0.4, -0.2) is 69.0 Å². The van der Waals surface area contributed by atoms with Crippen LogP contribution in [0.15, 0.2) is 109 Å². The van der Waals surface area contributed by atoms with E-state index in [-0.39, 0.29) is 71.3 Å². The van der Waals surface area contributed by atoms with E-state index in [9.17, 15) is 28.8 Å². The highest BCUT2D eigenvalue weighted by Gasteiger charge is 2.22. The molecule has 290 valence electrons. The minimum absolute atomic E-state index is 0.0488. The van der Waals surface area contributed by atoms with Gasteiger partial charge in [0, 0.05) is 35.1 Å². The van der Waals surface area contributed by atoms with E-state index >= 15 is 0 Å². The molecule has 0 fully saturated rings. The standard InChI is InChI=1S/C42H40N2O12/c1-25(2)39(47)51-19-21-53-41(49)36-23-32(15-17-34(36)27(5)45)56-33-16-18-35(37(24-33)42(50)54-22-20-52-40(48)26(3)4)38(46)44-29-9-13-31(14-10-29)55-30-11-7-28(43-6)8-12-30/h7-18,23-24,43H,1,3,19-22H2,2,4-6H3,(H,44,46). The van der Waals surface area contributed by atoms with Gasteiger partial charge in [-0.05, 0) is 106 Å². The summed E-state index contributed by atoms with van der Waals surface area (Å²) >= 11 is 0. The average molecular weight is 765 g/mol. The summed E-state index contributed by atoms with van der Waals surface area (Å²) in [5.41, 5.74) is 1.33. The molecule has 56 heavy (non-hydrogen) atoms. The Labute approximate surface area is 323 Å². The number of esters is 4. The third-order valence-corrected chi connectivity index (χ3v) is 7.57. The van der Waals surface area contributed by atoms with Crippen LogP contribution in [0.4, 0.5) is 11.4 Å². The highest BCUT2D eigenvalue weighted by Crippen LogP contribution is 2.29. The molecule has 0 unspecified atom stereocenters. The van der Waals surface area contributed by atoms with Gasteiger partial charge in [-0.1, -0.05) is 13.2 Å². The first-order valence-corrected chi connectivity index (χ1v) is 17.1. The summed E-state index contributed by atoms with van der Waals surface area (Å²) in [7, 11) is 1.81. The van der Waals surface area contributed by atoms with Crippen LogP contribution >= 0.6 is 0 Å². The molecule has 2 N–H and O–H groups in total. The summed E-state index contributed by atoms with van der Waals surface area (Å²) < 4.78 is 32.3. The largest absolute Gasteiger partial charge is 0.459 e. The van der Waals surface area contributed by atoms with E-state index in [0.29, 0.717) is 17.2 Å². The molecule has 0 aliphatic rings. The van der Waals surface area contributed by atoms with E-state index in [1.807, 2.05) is 31.3 Å². The lowest BCUT2D eigenvalue weighted by molar-refractivity contribution is -0.140. The van der Waals surface area contributed by atoms with Gasteiger partial charge in [-0.3, -0.25) is 9.59 Å². The summed E-state index contributed by atoms with van der Waals surface area (Å²) in [4.78, 5) is 75.6. The Balaban J connectivity index is 1.54. The number of Topliss-reactive ketones (excluding diaryl/α,β-unsaturated/α-hetero) is 1. The van der Waals surface area contributed by atoms with Gasteiger partial charge in [0.15, 0.2) is 5.78 Å². The highest BCUT2D eigenvalue weighted by atomic mass is 16.6. The molecule has 0 bridgehead atoms. The second-order valence-electron chi connectivity index (χ2n) is 12.0. The predicted octanol–water partition coefficient (Wildman–Crippen LogP) is 7.32. The van der Waals surface area contributed by atoms with Crippen LogP contribution in [0.1, 0.15) is 62.2 Å². The second kappa shape index (κ2) is 19.7. The maximum absolute atomic E-state index is 13.5. The molecule has 0 saturated carbocycles. The molecule has 0 aliphatic carbocycles. The van der Waals surface area contributed by atoms with E-state index < -0.39 is 35.6 Å². The Bertz CT molecular complexity index is 2140. The van der Waals surface area contributed by atoms with Crippen molar-refractivity contribution in [2.75, 3.05) is 44.1 Å². The number of carbonyl (C=O) groups excluding carboxylic acids is 6. The monoisotopic (exact) mass is 764 g/mol. The highest BCUT2D eigenvalue weighted by molar-refractivity contribution is 6.11. The lowest BCUT2D eigenvalue weighted by atomic mass is 10.0. The number of amides is 1. The Morgan fingerprint density at radius 3 is 1.34 bits per heavy atom. The lowest BCUT2D eigenvalue weighted by Crippen LogP contribution is -2.19. The van der Waals surface area contributed by atoms with Gasteiger partial charge >= 0.3 is 23.9 Å². The van der Waals surface area contributed by atoms with E-state index in [1.165, 1.54) is 57.2 Å². The van der Waals surface area contributed by atoms with Gasteiger partial charge in [0.05, 0.1) is 16.7 Å². The molecule has 0 saturated heterocycles. The van der Waals surface area contributed by atoms with Crippen molar-refractivity contribution in [1.29, 1.82) is 0 Å². The normalized spacial score (nSPS) is 10.3. The minimum atomic E-state index is -0.927. The van der Waals surface area contributed by atoms with Crippen molar-refractivity contribution in [2.24, 2.45) is 0 Å². The zero-order valence-electron chi connectivity index (χ0n) is 31.2. The maximum Gasteiger partial charge on any atom is 0.339 e. The van der Waals surface area contributed by atoms with Gasteiger partial charge in [0.25, 0.3) is 5.91 Å². The predicted molar refractivity (Wildman–Crippen MR) is 206 cm³/mol. The summed E-state index contributed by atoms with van der Waals surface area (Å²) in [6.45, 7) is 10.1. The molecular weight excluding hydrogens is 724 g/mol. The summed E-state index contributed by atoms with van der Waals surface area (Å²) in [5.74, 6) is -2.91. The number of hydrogen-bond acceptors (Lipinski definition) is 13. The molecule has 4 aromatic rings. The van der Waals surface area contributed by atoms with E-state index in [1.54, 1.807) is 24.3 Å².